The summed E-state index contributed by atoms with van der Waals surface area (Å²) in [7, 11) is 1.59. The van der Waals surface area contributed by atoms with E-state index in [0.717, 1.165) is 30.6 Å². The topological polar surface area (TPSA) is 69.7 Å². The number of unbranched alkanes of at least 4 members (excludes halogenated alkanes) is 1. The zero-order chi connectivity index (χ0) is 21.6. The monoisotopic (exact) mass is 417 g/mol. The van der Waals surface area contributed by atoms with Crippen molar-refractivity contribution in [3.05, 3.63) is 59.7 Å². The molecule has 7 heteroatoms. The number of hydrogen-bond donors (Lipinski definition) is 1. The van der Waals surface area contributed by atoms with Crippen molar-refractivity contribution in [1.82, 2.24) is 9.62 Å². The highest BCUT2D eigenvalue weighted by Crippen LogP contribution is 2.19. The largest absolute Gasteiger partial charge is 0.375 e. The number of carbonyl (C=O) groups is 1. The van der Waals surface area contributed by atoms with Crippen molar-refractivity contribution in [2.45, 2.75) is 37.6 Å². The molecule has 0 saturated carbocycles. The van der Waals surface area contributed by atoms with Gasteiger partial charge < -0.3 is 10.2 Å². The molecule has 0 aliphatic heterocycles. The summed E-state index contributed by atoms with van der Waals surface area (Å²) in [5, 5.41) is 2.96. The SMILES string of the molecule is CCCCN(C)c1ccc(C(=O)NC(C)c2ccc(S(=O)(=O)N(C)C)cc2)cc1. The summed E-state index contributed by atoms with van der Waals surface area (Å²) in [5.74, 6) is -0.162. The van der Waals surface area contributed by atoms with Gasteiger partial charge in [-0.3, -0.25) is 4.79 Å². The minimum absolute atomic E-state index is 0.162. The molecule has 1 N–H and O–H groups in total. The van der Waals surface area contributed by atoms with Crippen molar-refractivity contribution in [3.63, 3.8) is 0 Å². The summed E-state index contributed by atoms with van der Waals surface area (Å²) in [6.45, 7) is 5.02. The van der Waals surface area contributed by atoms with E-state index >= 15 is 0 Å². The highest BCUT2D eigenvalue weighted by atomic mass is 32.2. The van der Waals surface area contributed by atoms with E-state index in [0.29, 0.717) is 5.56 Å². The fraction of sp³-hybridized carbons (Fsp3) is 0.409. The third-order valence-electron chi connectivity index (χ3n) is 4.92. The third-order valence-corrected chi connectivity index (χ3v) is 6.75. The number of rotatable bonds is 9. The number of sulfonamides is 1. The Balaban J connectivity index is 2.03. The fourth-order valence-corrected chi connectivity index (χ4v) is 3.80. The third kappa shape index (κ3) is 5.81. The van der Waals surface area contributed by atoms with Gasteiger partial charge in [0.2, 0.25) is 10.0 Å². The highest BCUT2D eigenvalue weighted by molar-refractivity contribution is 7.89. The number of anilines is 1. The van der Waals surface area contributed by atoms with Crippen LogP contribution in [-0.2, 0) is 10.0 Å². The summed E-state index contributed by atoms with van der Waals surface area (Å²) in [6.07, 6.45) is 2.27. The first kappa shape index (κ1) is 22.9. The molecule has 2 rings (SSSR count). The maximum atomic E-state index is 12.6. The molecule has 29 heavy (non-hydrogen) atoms. The summed E-state index contributed by atoms with van der Waals surface area (Å²) < 4.78 is 25.5. The zero-order valence-electron chi connectivity index (χ0n) is 17.8. The Kier molecular flexibility index (Phi) is 7.81. The number of nitrogens with one attached hydrogen (secondary N) is 1. The van der Waals surface area contributed by atoms with Gasteiger partial charge in [-0.2, -0.15) is 0 Å². The summed E-state index contributed by atoms with van der Waals surface area (Å²) in [5.41, 5.74) is 2.52. The van der Waals surface area contributed by atoms with E-state index in [2.05, 4.69) is 17.1 Å². The molecule has 158 valence electrons. The van der Waals surface area contributed by atoms with Crippen molar-refractivity contribution in [2.24, 2.45) is 0 Å². The van der Waals surface area contributed by atoms with E-state index in [1.807, 2.05) is 38.2 Å². The lowest BCUT2D eigenvalue weighted by Crippen LogP contribution is -2.27. The molecular formula is C22H31N3O3S. The van der Waals surface area contributed by atoms with Gasteiger partial charge in [-0.15, -0.1) is 0 Å². The van der Waals surface area contributed by atoms with Gasteiger partial charge >= 0.3 is 0 Å². The van der Waals surface area contributed by atoms with Crippen molar-refractivity contribution < 1.29 is 13.2 Å². The van der Waals surface area contributed by atoms with E-state index < -0.39 is 10.0 Å². The predicted molar refractivity (Wildman–Crippen MR) is 118 cm³/mol. The molecule has 1 atom stereocenters. The average Bonchev–Trinajstić information content (AvgIpc) is 2.71. The fourth-order valence-electron chi connectivity index (χ4n) is 2.89. The van der Waals surface area contributed by atoms with E-state index in [-0.39, 0.29) is 16.8 Å². The number of carbonyl (C=O) groups excluding carboxylic acids is 1. The lowest BCUT2D eigenvalue weighted by molar-refractivity contribution is 0.0940. The van der Waals surface area contributed by atoms with Crippen LogP contribution in [0.5, 0.6) is 0 Å². The molecule has 0 aromatic heterocycles. The molecule has 0 aliphatic rings. The summed E-state index contributed by atoms with van der Waals surface area (Å²) in [6, 6.07) is 13.9. The molecule has 1 amide bonds. The maximum Gasteiger partial charge on any atom is 0.251 e. The van der Waals surface area contributed by atoms with Crippen LogP contribution in [0, 0.1) is 0 Å². The quantitative estimate of drug-likeness (QED) is 0.676. The first-order valence-electron chi connectivity index (χ1n) is 9.81. The Morgan fingerprint density at radius 3 is 2.10 bits per heavy atom. The Bertz CT molecular complexity index is 907. The Labute approximate surface area is 174 Å². The summed E-state index contributed by atoms with van der Waals surface area (Å²) >= 11 is 0. The Hall–Kier alpha value is -2.38. The molecule has 0 saturated heterocycles. The molecule has 0 fully saturated rings. The Morgan fingerprint density at radius 1 is 1.00 bits per heavy atom. The normalized spacial score (nSPS) is 12.6. The number of nitrogens with zero attached hydrogens (tertiary/aromatic N) is 2. The van der Waals surface area contributed by atoms with Crippen LogP contribution in [0.2, 0.25) is 0 Å². The van der Waals surface area contributed by atoms with Crippen molar-refractivity contribution in [3.8, 4) is 0 Å². The molecule has 1 unspecified atom stereocenters. The van der Waals surface area contributed by atoms with Crippen LogP contribution in [0.4, 0.5) is 5.69 Å². The molecule has 0 spiro atoms. The molecular weight excluding hydrogens is 386 g/mol. The molecule has 2 aromatic carbocycles. The second-order valence-corrected chi connectivity index (χ2v) is 9.53. The van der Waals surface area contributed by atoms with Gasteiger partial charge in [0.25, 0.3) is 5.91 Å². The number of hydrogen-bond acceptors (Lipinski definition) is 4. The number of amides is 1. The predicted octanol–water partition coefficient (Wildman–Crippen LogP) is 3.66. The van der Waals surface area contributed by atoms with Crippen LogP contribution in [0.1, 0.15) is 48.7 Å². The van der Waals surface area contributed by atoms with Crippen LogP contribution < -0.4 is 10.2 Å². The summed E-state index contributed by atoms with van der Waals surface area (Å²) in [4.78, 5) is 15.0. The lowest BCUT2D eigenvalue weighted by atomic mass is 10.1. The Morgan fingerprint density at radius 2 is 1.59 bits per heavy atom. The van der Waals surface area contributed by atoms with Gasteiger partial charge in [0, 0.05) is 38.9 Å². The molecule has 6 nitrogen and oxygen atoms in total. The van der Waals surface area contributed by atoms with Gasteiger partial charge in [-0.25, -0.2) is 12.7 Å². The van der Waals surface area contributed by atoms with E-state index in [1.165, 1.54) is 18.4 Å². The molecule has 2 aromatic rings. The standard InChI is InChI=1S/C22H31N3O3S/c1-6-7-16-25(5)20-12-8-19(9-13-20)22(26)23-17(2)18-10-14-21(15-11-18)29(27,28)24(3)4/h8-15,17H,6-7,16H2,1-5H3,(H,23,26). The van der Waals surface area contributed by atoms with Crippen LogP contribution >= 0.6 is 0 Å². The number of benzene rings is 2. The van der Waals surface area contributed by atoms with Gasteiger partial charge in [0.1, 0.15) is 0 Å². The maximum absolute atomic E-state index is 12.6. The van der Waals surface area contributed by atoms with Crippen molar-refractivity contribution in [1.29, 1.82) is 0 Å². The van der Waals surface area contributed by atoms with Crippen molar-refractivity contribution in [2.75, 3.05) is 32.6 Å². The molecule has 0 radical (unpaired) electrons. The van der Waals surface area contributed by atoms with Crippen molar-refractivity contribution >= 4 is 21.6 Å². The van der Waals surface area contributed by atoms with Crippen LogP contribution in [-0.4, -0.2) is 46.3 Å². The van der Waals surface area contributed by atoms with Gasteiger partial charge in [0.15, 0.2) is 0 Å². The first-order valence-corrected chi connectivity index (χ1v) is 11.3. The van der Waals surface area contributed by atoms with Crippen LogP contribution in [0.15, 0.2) is 53.4 Å². The van der Waals surface area contributed by atoms with E-state index in [4.69, 9.17) is 0 Å². The molecule has 0 aliphatic carbocycles. The van der Waals surface area contributed by atoms with Crippen LogP contribution in [0.3, 0.4) is 0 Å². The molecule has 0 bridgehead atoms. The lowest BCUT2D eigenvalue weighted by Gasteiger charge is -2.19. The highest BCUT2D eigenvalue weighted by Gasteiger charge is 2.18. The van der Waals surface area contributed by atoms with Gasteiger partial charge in [0.05, 0.1) is 10.9 Å². The minimum atomic E-state index is -3.46. The molecule has 0 heterocycles. The van der Waals surface area contributed by atoms with E-state index in [9.17, 15) is 13.2 Å². The minimum Gasteiger partial charge on any atom is -0.375 e. The second kappa shape index (κ2) is 9.89. The zero-order valence-corrected chi connectivity index (χ0v) is 18.7. The second-order valence-electron chi connectivity index (χ2n) is 7.37. The first-order chi connectivity index (χ1) is 13.7. The van der Waals surface area contributed by atoms with Gasteiger partial charge in [-0.05, 0) is 55.3 Å². The van der Waals surface area contributed by atoms with E-state index in [1.54, 1.807) is 24.3 Å². The average molecular weight is 418 g/mol. The smallest absolute Gasteiger partial charge is 0.251 e. The van der Waals surface area contributed by atoms with Gasteiger partial charge in [-0.1, -0.05) is 25.5 Å². The van der Waals surface area contributed by atoms with Crippen LogP contribution in [0.25, 0.3) is 0 Å².